The van der Waals surface area contributed by atoms with Gasteiger partial charge in [0.2, 0.25) is 5.91 Å². The van der Waals surface area contributed by atoms with Crippen molar-refractivity contribution in [2.24, 2.45) is 11.1 Å². The zero-order valence-electron chi connectivity index (χ0n) is 8.25. The molecule has 1 aliphatic carbocycles. The van der Waals surface area contributed by atoms with Gasteiger partial charge in [0, 0.05) is 6.54 Å². The SMILES string of the molecule is CC1(CN2CCC[C@@H]2C(N)=O)CC1. The zero-order valence-corrected chi connectivity index (χ0v) is 8.25. The van der Waals surface area contributed by atoms with Crippen LogP contribution in [0.3, 0.4) is 0 Å². The fourth-order valence-electron chi connectivity index (χ4n) is 2.20. The first-order valence-corrected chi connectivity index (χ1v) is 5.14. The van der Waals surface area contributed by atoms with Crippen LogP contribution in [0.5, 0.6) is 0 Å². The van der Waals surface area contributed by atoms with Gasteiger partial charge in [-0.3, -0.25) is 9.69 Å². The molecule has 1 aliphatic heterocycles. The van der Waals surface area contributed by atoms with Crippen LogP contribution in [0.1, 0.15) is 32.6 Å². The molecular weight excluding hydrogens is 164 g/mol. The number of hydrogen-bond acceptors (Lipinski definition) is 2. The van der Waals surface area contributed by atoms with E-state index in [9.17, 15) is 4.79 Å². The second kappa shape index (κ2) is 2.98. The van der Waals surface area contributed by atoms with Crippen molar-refractivity contribution in [3.8, 4) is 0 Å². The van der Waals surface area contributed by atoms with Crippen molar-refractivity contribution in [3.05, 3.63) is 0 Å². The standard InChI is InChI=1S/C10H18N2O/c1-10(4-5-10)7-12-6-2-3-8(12)9(11)13/h8H,2-7H2,1H3,(H2,11,13)/t8-/m1/s1. The van der Waals surface area contributed by atoms with Crippen molar-refractivity contribution < 1.29 is 4.79 Å². The number of rotatable bonds is 3. The van der Waals surface area contributed by atoms with Crippen molar-refractivity contribution >= 4 is 5.91 Å². The lowest BCUT2D eigenvalue weighted by molar-refractivity contribution is -0.122. The predicted molar refractivity (Wildman–Crippen MR) is 51.1 cm³/mol. The minimum Gasteiger partial charge on any atom is -0.368 e. The van der Waals surface area contributed by atoms with Crippen LogP contribution in [-0.4, -0.2) is 29.9 Å². The lowest BCUT2D eigenvalue weighted by Crippen LogP contribution is -2.42. The molecule has 0 aromatic heterocycles. The Kier molecular flexibility index (Phi) is 2.06. The van der Waals surface area contributed by atoms with Gasteiger partial charge in [0.25, 0.3) is 0 Å². The van der Waals surface area contributed by atoms with Crippen LogP contribution in [0.2, 0.25) is 0 Å². The molecule has 0 radical (unpaired) electrons. The van der Waals surface area contributed by atoms with Crippen LogP contribution < -0.4 is 5.73 Å². The topological polar surface area (TPSA) is 46.3 Å². The number of amides is 1. The molecule has 1 atom stereocenters. The van der Waals surface area contributed by atoms with E-state index < -0.39 is 0 Å². The van der Waals surface area contributed by atoms with Crippen LogP contribution in [0.4, 0.5) is 0 Å². The van der Waals surface area contributed by atoms with Gasteiger partial charge in [-0.2, -0.15) is 0 Å². The molecule has 1 saturated heterocycles. The number of primary amides is 1. The van der Waals surface area contributed by atoms with E-state index in [-0.39, 0.29) is 11.9 Å². The maximum absolute atomic E-state index is 11.1. The third kappa shape index (κ3) is 1.85. The third-order valence-electron chi connectivity index (χ3n) is 3.38. The van der Waals surface area contributed by atoms with Crippen molar-refractivity contribution in [2.75, 3.05) is 13.1 Å². The molecule has 13 heavy (non-hydrogen) atoms. The van der Waals surface area contributed by atoms with Gasteiger partial charge in [-0.15, -0.1) is 0 Å². The van der Waals surface area contributed by atoms with Crippen molar-refractivity contribution in [1.82, 2.24) is 4.90 Å². The van der Waals surface area contributed by atoms with Gasteiger partial charge < -0.3 is 5.73 Å². The van der Waals surface area contributed by atoms with E-state index in [4.69, 9.17) is 5.73 Å². The Hall–Kier alpha value is -0.570. The number of carbonyl (C=O) groups is 1. The minimum atomic E-state index is -0.137. The predicted octanol–water partition coefficient (Wildman–Crippen LogP) is 0.736. The highest BCUT2D eigenvalue weighted by molar-refractivity contribution is 5.80. The third-order valence-corrected chi connectivity index (χ3v) is 3.38. The molecular formula is C10H18N2O. The number of likely N-dealkylation sites (tertiary alicyclic amines) is 1. The smallest absolute Gasteiger partial charge is 0.234 e. The van der Waals surface area contributed by atoms with Gasteiger partial charge in [0.15, 0.2) is 0 Å². The first kappa shape index (κ1) is 9.00. The highest BCUT2D eigenvalue weighted by Crippen LogP contribution is 2.46. The molecule has 2 fully saturated rings. The van der Waals surface area contributed by atoms with E-state index >= 15 is 0 Å². The highest BCUT2D eigenvalue weighted by Gasteiger charge is 2.42. The van der Waals surface area contributed by atoms with E-state index in [1.165, 1.54) is 12.8 Å². The monoisotopic (exact) mass is 182 g/mol. The zero-order chi connectivity index (χ0) is 9.47. The summed E-state index contributed by atoms with van der Waals surface area (Å²) in [5.41, 5.74) is 5.84. The first-order chi connectivity index (χ1) is 6.11. The quantitative estimate of drug-likeness (QED) is 0.699. The summed E-state index contributed by atoms with van der Waals surface area (Å²) < 4.78 is 0. The Balaban J connectivity index is 1.93. The fourth-order valence-corrected chi connectivity index (χ4v) is 2.20. The molecule has 2 rings (SSSR count). The molecule has 2 N–H and O–H groups in total. The molecule has 74 valence electrons. The Bertz CT molecular complexity index is 223. The lowest BCUT2D eigenvalue weighted by atomic mass is 10.1. The normalized spacial score (nSPS) is 31.9. The molecule has 1 amide bonds. The second-order valence-electron chi connectivity index (χ2n) is 4.84. The van der Waals surface area contributed by atoms with Crippen molar-refractivity contribution in [1.29, 1.82) is 0 Å². The molecule has 0 aromatic rings. The molecule has 3 nitrogen and oxygen atoms in total. The van der Waals surface area contributed by atoms with Gasteiger partial charge in [0.05, 0.1) is 6.04 Å². The minimum absolute atomic E-state index is 0.0254. The lowest BCUT2D eigenvalue weighted by Gasteiger charge is -2.24. The molecule has 2 aliphatic rings. The van der Waals surface area contributed by atoms with Crippen LogP contribution in [0.15, 0.2) is 0 Å². The number of nitrogens with zero attached hydrogens (tertiary/aromatic N) is 1. The van der Waals surface area contributed by atoms with Crippen molar-refractivity contribution in [2.45, 2.75) is 38.6 Å². The summed E-state index contributed by atoms with van der Waals surface area (Å²) in [7, 11) is 0. The number of carbonyl (C=O) groups excluding carboxylic acids is 1. The Morgan fingerprint density at radius 3 is 2.85 bits per heavy atom. The summed E-state index contributed by atoms with van der Waals surface area (Å²) in [4.78, 5) is 13.4. The molecule has 0 unspecified atom stereocenters. The van der Waals surface area contributed by atoms with Crippen LogP contribution in [0.25, 0.3) is 0 Å². The maximum Gasteiger partial charge on any atom is 0.234 e. The molecule has 0 bridgehead atoms. The van der Waals surface area contributed by atoms with Crippen LogP contribution >= 0.6 is 0 Å². The van der Waals surface area contributed by atoms with Gasteiger partial charge in [-0.05, 0) is 37.6 Å². The second-order valence-corrected chi connectivity index (χ2v) is 4.84. The highest BCUT2D eigenvalue weighted by atomic mass is 16.1. The molecule has 0 aromatic carbocycles. The maximum atomic E-state index is 11.1. The Morgan fingerprint density at radius 2 is 2.31 bits per heavy atom. The summed E-state index contributed by atoms with van der Waals surface area (Å²) in [6.07, 6.45) is 4.72. The Morgan fingerprint density at radius 1 is 1.62 bits per heavy atom. The first-order valence-electron chi connectivity index (χ1n) is 5.14. The van der Waals surface area contributed by atoms with Gasteiger partial charge in [-0.1, -0.05) is 6.92 Å². The van der Waals surface area contributed by atoms with Gasteiger partial charge in [-0.25, -0.2) is 0 Å². The number of hydrogen-bond donors (Lipinski definition) is 1. The van der Waals surface area contributed by atoms with E-state index in [0.717, 1.165) is 25.9 Å². The Labute approximate surface area is 79.3 Å². The molecule has 0 spiro atoms. The summed E-state index contributed by atoms with van der Waals surface area (Å²) in [5, 5.41) is 0. The van der Waals surface area contributed by atoms with E-state index in [0.29, 0.717) is 5.41 Å². The average molecular weight is 182 g/mol. The largest absolute Gasteiger partial charge is 0.368 e. The number of nitrogens with two attached hydrogens (primary N) is 1. The van der Waals surface area contributed by atoms with Gasteiger partial charge >= 0.3 is 0 Å². The van der Waals surface area contributed by atoms with Crippen molar-refractivity contribution in [3.63, 3.8) is 0 Å². The molecule has 3 heteroatoms. The van der Waals surface area contributed by atoms with E-state index in [1.807, 2.05) is 0 Å². The summed E-state index contributed by atoms with van der Waals surface area (Å²) in [5.74, 6) is -0.137. The molecule has 1 heterocycles. The van der Waals surface area contributed by atoms with E-state index in [2.05, 4.69) is 11.8 Å². The summed E-state index contributed by atoms with van der Waals surface area (Å²) in [6.45, 7) is 4.42. The summed E-state index contributed by atoms with van der Waals surface area (Å²) in [6, 6.07) is 0.0254. The van der Waals surface area contributed by atoms with Gasteiger partial charge in [0.1, 0.15) is 0 Å². The average Bonchev–Trinajstić information content (AvgIpc) is 2.63. The fraction of sp³-hybridized carbons (Fsp3) is 0.900. The van der Waals surface area contributed by atoms with E-state index in [1.54, 1.807) is 0 Å². The summed E-state index contributed by atoms with van der Waals surface area (Å²) >= 11 is 0. The van der Waals surface area contributed by atoms with Crippen LogP contribution in [0, 0.1) is 5.41 Å². The van der Waals surface area contributed by atoms with Crippen LogP contribution in [-0.2, 0) is 4.79 Å². The molecule has 1 saturated carbocycles.